The van der Waals surface area contributed by atoms with E-state index in [1.165, 1.54) is 17.3 Å². The Morgan fingerprint density at radius 1 is 0.923 bits per heavy atom. The normalized spacial score (nSPS) is 17.7. The van der Waals surface area contributed by atoms with E-state index in [0.717, 1.165) is 22.3 Å². The van der Waals surface area contributed by atoms with Crippen LogP contribution in [-0.2, 0) is 14.0 Å². The number of nitrogens with zero attached hydrogens (tertiary/aromatic N) is 1. The van der Waals surface area contributed by atoms with Gasteiger partial charge in [0.1, 0.15) is 6.61 Å². The molecule has 200 valence electrons. The van der Waals surface area contributed by atoms with Crippen molar-refractivity contribution in [2.75, 3.05) is 13.2 Å². The molecule has 3 aromatic carbocycles. The van der Waals surface area contributed by atoms with Crippen molar-refractivity contribution in [2.45, 2.75) is 44.8 Å². The van der Waals surface area contributed by atoms with Gasteiger partial charge < -0.3 is 24.6 Å². The molecular weight excluding hydrogens is 491 g/mol. The maximum Gasteiger partial charge on any atom is 0.492 e. The standard InChI is InChI=1S/C31H33BN2O5/c1-30(2)31(3,4)39-32(38-30)23(17-21-11-5-6-12-22(21)18-34-36)19-33-29(35)37-20-28-26-15-9-7-13-24(26)25-14-8-10-16-27(25)28/h5-18,28,36H,19-20H2,1-4H3,(H,33,35). The summed E-state index contributed by atoms with van der Waals surface area (Å²) < 4.78 is 18.3. The number of hydrogen-bond acceptors (Lipinski definition) is 6. The number of carbonyl (C=O) groups is 1. The Labute approximate surface area is 229 Å². The molecule has 0 unspecified atom stereocenters. The number of amides is 1. The fourth-order valence-corrected chi connectivity index (χ4v) is 5.04. The molecule has 39 heavy (non-hydrogen) atoms. The lowest BCUT2D eigenvalue weighted by molar-refractivity contribution is 0.00578. The van der Waals surface area contributed by atoms with Crippen LogP contribution in [0.1, 0.15) is 55.9 Å². The van der Waals surface area contributed by atoms with Crippen LogP contribution < -0.4 is 5.32 Å². The van der Waals surface area contributed by atoms with Crippen molar-refractivity contribution in [3.8, 4) is 11.1 Å². The molecule has 2 aliphatic rings. The number of hydrogen-bond donors (Lipinski definition) is 2. The van der Waals surface area contributed by atoms with Gasteiger partial charge in [-0.2, -0.15) is 0 Å². The Morgan fingerprint density at radius 2 is 1.46 bits per heavy atom. The largest absolute Gasteiger partial charge is 0.492 e. The van der Waals surface area contributed by atoms with Crippen molar-refractivity contribution >= 4 is 25.5 Å². The Kier molecular flexibility index (Phi) is 7.34. The van der Waals surface area contributed by atoms with Crippen LogP contribution in [0.4, 0.5) is 4.79 Å². The molecule has 3 aromatic rings. The monoisotopic (exact) mass is 524 g/mol. The summed E-state index contributed by atoms with van der Waals surface area (Å²) >= 11 is 0. The molecular formula is C31H33BN2O5. The first-order valence-corrected chi connectivity index (χ1v) is 13.1. The van der Waals surface area contributed by atoms with Crippen molar-refractivity contribution in [3.63, 3.8) is 0 Å². The summed E-state index contributed by atoms with van der Waals surface area (Å²) in [7, 11) is -0.678. The summed E-state index contributed by atoms with van der Waals surface area (Å²) in [5.41, 5.74) is 5.80. The fourth-order valence-electron chi connectivity index (χ4n) is 5.04. The molecule has 0 radical (unpaired) electrons. The van der Waals surface area contributed by atoms with E-state index in [1.54, 1.807) is 0 Å². The molecule has 1 fully saturated rings. The van der Waals surface area contributed by atoms with Crippen LogP contribution in [0.25, 0.3) is 17.2 Å². The predicted molar refractivity (Wildman–Crippen MR) is 153 cm³/mol. The molecule has 1 aliphatic heterocycles. The van der Waals surface area contributed by atoms with Gasteiger partial charge in [0.05, 0.1) is 17.4 Å². The van der Waals surface area contributed by atoms with Gasteiger partial charge in [-0.05, 0) is 61.0 Å². The van der Waals surface area contributed by atoms with Crippen molar-refractivity contribution in [1.29, 1.82) is 0 Å². The quantitative estimate of drug-likeness (QED) is 0.170. The van der Waals surface area contributed by atoms with Crippen molar-refractivity contribution in [2.24, 2.45) is 5.16 Å². The minimum Gasteiger partial charge on any atom is -0.449 e. The first-order valence-electron chi connectivity index (χ1n) is 13.1. The van der Waals surface area contributed by atoms with Crippen LogP contribution in [0.15, 0.2) is 83.4 Å². The van der Waals surface area contributed by atoms with E-state index in [-0.39, 0.29) is 19.1 Å². The molecule has 5 rings (SSSR count). The predicted octanol–water partition coefficient (Wildman–Crippen LogP) is 6.05. The minimum absolute atomic E-state index is 0.0223. The van der Waals surface area contributed by atoms with Crippen molar-refractivity contribution < 1.29 is 24.0 Å². The Bertz CT molecular complexity index is 1370. The highest BCUT2D eigenvalue weighted by Gasteiger charge is 2.52. The lowest BCUT2D eigenvalue weighted by atomic mass is 9.76. The second-order valence-corrected chi connectivity index (χ2v) is 10.9. The van der Waals surface area contributed by atoms with Gasteiger partial charge in [-0.25, -0.2) is 4.79 Å². The average molecular weight is 524 g/mol. The number of oxime groups is 1. The molecule has 8 heteroatoms. The van der Waals surface area contributed by atoms with Gasteiger partial charge in [0, 0.05) is 18.0 Å². The van der Waals surface area contributed by atoms with E-state index in [1.807, 2.05) is 82.3 Å². The Hall–Kier alpha value is -3.88. The third-order valence-corrected chi connectivity index (χ3v) is 7.87. The van der Waals surface area contributed by atoms with Crippen LogP contribution in [-0.4, -0.2) is 49.0 Å². The second-order valence-electron chi connectivity index (χ2n) is 10.9. The number of rotatable bonds is 7. The lowest BCUT2D eigenvalue weighted by Crippen LogP contribution is -2.41. The van der Waals surface area contributed by atoms with Gasteiger partial charge in [-0.1, -0.05) is 84.0 Å². The molecule has 1 aliphatic carbocycles. The second kappa shape index (κ2) is 10.7. The smallest absolute Gasteiger partial charge is 0.449 e. The number of carbonyl (C=O) groups excluding carboxylic acids is 1. The van der Waals surface area contributed by atoms with Crippen LogP contribution in [0.5, 0.6) is 0 Å². The summed E-state index contributed by atoms with van der Waals surface area (Å²) in [6, 6.07) is 24.0. The first kappa shape index (κ1) is 26.7. The number of ether oxygens (including phenoxy) is 1. The summed E-state index contributed by atoms with van der Waals surface area (Å²) in [6.07, 6.45) is 2.74. The summed E-state index contributed by atoms with van der Waals surface area (Å²) in [6.45, 7) is 8.31. The molecule has 0 aromatic heterocycles. The zero-order valence-electron chi connectivity index (χ0n) is 22.7. The lowest BCUT2D eigenvalue weighted by Gasteiger charge is -2.32. The van der Waals surface area contributed by atoms with Gasteiger partial charge >= 0.3 is 13.2 Å². The van der Waals surface area contributed by atoms with Crippen LogP contribution in [0, 0.1) is 0 Å². The molecule has 0 saturated carbocycles. The Morgan fingerprint density at radius 3 is 2.05 bits per heavy atom. The molecule has 1 saturated heterocycles. The van der Waals surface area contributed by atoms with E-state index in [4.69, 9.17) is 19.3 Å². The molecule has 0 spiro atoms. The van der Waals surface area contributed by atoms with E-state index < -0.39 is 24.4 Å². The van der Waals surface area contributed by atoms with Gasteiger partial charge in [-0.15, -0.1) is 0 Å². The third kappa shape index (κ3) is 5.35. The van der Waals surface area contributed by atoms with E-state index in [2.05, 4.69) is 34.7 Å². The van der Waals surface area contributed by atoms with Gasteiger partial charge in [0.25, 0.3) is 0 Å². The molecule has 1 heterocycles. The number of nitrogens with one attached hydrogen (secondary N) is 1. The highest BCUT2D eigenvalue weighted by atomic mass is 16.7. The van der Waals surface area contributed by atoms with Crippen LogP contribution in [0.3, 0.4) is 0 Å². The molecule has 0 bridgehead atoms. The van der Waals surface area contributed by atoms with E-state index >= 15 is 0 Å². The number of benzene rings is 3. The van der Waals surface area contributed by atoms with Crippen LogP contribution >= 0.6 is 0 Å². The van der Waals surface area contributed by atoms with Crippen LogP contribution in [0.2, 0.25) is 0 Å². The molecule has 0 atom stereocenters. The first-order chi connectivity index (χ1) is 18.7. The third-order valence-electron chi connectivity index (χ3n) is 7.87. The van der Waals surface area contributed by atoms with E-state index in [9.17, 15) is 4.79 Å². The topological polar surface area (TPSA) is 89.4 Å². The maximum absolute atomic E-state index is 12.9. The van der Waals surface area contributed by atoms with E-state index in [0.29, 0.717) is 5.47 Å². The summed E-state index contributed by atoms with van der Waals surface area (Å²) in [5.74, 6) is -0.0223. The van der Waals surface area contributed by atoms with Gasteiger partial charge in [-0.3, -0.25) is 0 Å². The highest BCUT2D eigenvalue weighted by molar-refractivity contribution is 6.56. The number of fused-ring (bicyclic) bond motifs is 3. The number of alkyl carbamates (subject to hydrolysis) is 1. The highest BCUT2D eigenvalue weighted by Crippen LogP contribution is 2.44. The summed E-state index contributed by atoms with van der Waals surface area (Å²) in [4.78, 5) is 12.9. The minimum atomic E-state index is -0.678. The molecule has 2 N–H and O–H groups in total. The van der Waals surface area contributed by atoms with Crippen molar-refractivity contribution in [1.82, 2.24) is 5.32 Å². The zero-order valence-corrected chi connectivity index (χ0v) is 22.7. The fraction of sp³-hybridized carbons (Fsp3) is 0.290. The van der Waals surface area contributed by atoms with Crippen molar-refractivity contribution in [3.05, 3.63) is 101 Å². The van der Waals surface area contributed by atoms with Gasteiger partial charge in [0.2, 0.25) is 0 Å². The SMILES string of the molecule is CC1(C)OB(C(=Cc2ccccc2C=NO)CNC(=O)OCC2c3ccccc3-c3ccccc32)OC1(C)C. The average Bonchev–Trinajstić information content (AvgIpc) is 3.35. The maximum atomic E-state index is 12.9. The zero-order chi connectivity index (χ0) is 27.6. The molecule has 1 amide bonds. The summed E-state index contributed by atoms with van der Waals surface area (Å²) in [5, 5.41) is 15.2. The Balaban J connectivity index is 1.32. The molecule has 7 nitrogen and oxygen atoms in total. The van der Waals surface area contributed by atoms with Gasteiger partial charge in [0.15, 0.2) is 0 Å².